The van der Waals surface area contributed by atoms with Gasteiger partial charge in [-0.15, -0.1) is 0 Å². The van der Waals surface area contributed by atoms with Gasteiger partial charge in [0.15, 0.2) is 5.82 Å². The number of nitrogens with zero attached hydrogens (tertiary/aromatic N) is 1. The molecule has 0 amide bonds. The van der Waals surface area contributed by atoms with Crippen LogP contribution in [0.25, 0.3) is 0 Å². The van der Waals surface area contributed by atoms with Crippen molar-refractivity contribution in [2.75, 3.05) is 10.6 Å². The molecule has 0 spiro atoms. The second-order valence-corrected chi connectivity index (χ2v) is 8.14. The summed E-state index contributed by atoms with van der Waals surface area (Å²) >= 11 is 0. The zero-order valence-electron chi connectivity index (χ0n) is 18.3. The molecule has 0 bridgehead atoms. The van der Waals surface area contributed by atoms with Crippen LogP contribution in [0, 0.1) is 5.92 Å². The summed E-state index contributed by atoms with van der Waals surface area (Å²) < 4.78 is 0. The molecule has 0 radical (unpaired) electrons. The van der Waals surface area contributed by atoms with Crippen LogP contribution in [0.1, 0.15) is 52.3 Å². The molecule has 3 heteroatoms. The van der Waals surface area contributed by atoms with Crippen LogP contribution in [0.5, 0.6) is 0 Å². The summed E-state index contributed by atoms with van der Waals surface area (Å²) in [6.07, 6.45) is 1.99. The van der Waals surface area contributed by atoms with Crippen LogP contribution in [0.2, 0.25) is 0 Å². The minimum Gasteiger partial charge on any atom is -0.353 e. The van der Waals surface area contributed by atoms with E-state index in [9.17, 15) is 0 Å². The minimum atomic E-state index is 0.0962. The fourth-order valence-corrected chi connectivity index (χ4v) is 3.70. The van der Waals surface area contributed by atoms with Gasteiger partial charge in [-0.3, -0.25) is 0 Å². The lowest BCUT2D eigenvalue weighted by molar-refractivity contribution is 0.327. The normalized spacial score (nSPS) is 13.2. The van der Waals surface area contributed by atoms with E-state index in [2.05, 4.69) is 93.8 Å². The minimum absolute atomic E-state index is 0.0962. The molecule has 1 unspecified atom stereocenters. The first kappa shape index (κ1) is 20.9. The number of benzene rings is 2. The second kappa shape index (κ2) is 9.13. The number of hydrogen-bond acceptors (Lipinski definition) is 3. The number of rotatable bonds is 8. The van der Waals surface area contributed by atoms with Crippen molar-refractivity contribution >= 4 is 22.9 Å². The Balaban J connectivity index is 2.02. The summed E-state index contributed by atoms with van der Waals surface area (Å²) in [5.41, 5.74) is 5.67. The van der Waals surface area contributed by atoms with Crippen LogP contribution in [0.15, 0.2) is 66.7 Å². The lowest BCUT2D eigenvalue weighted by Crippen LogP contribution is -2.28. The van der Waals surface area contributed by atoms with Gasteiger partial charge in [0.2, 0.25) is 0 Å². The van der Waals surface area contributed by atoms with Gasteiger partial charge >= 0.3 is 0 Å². The standard InChI is InChI=1S/C26H33N3/c1-6-20-17-18-24(27-21-13-9-8-10-14-21)25(28-20)29-23-16-12-11-15-22(23)26(5,7-2)19(3)4/h8-19,27H,6-7H2,1-5H3,(H,28,29). The van der Waals surface area contributed by atoms with Crippen molar-refractivity contribution in [1.82, 2.24) is 4.98 Å². The molecule has 0 saturated carbocycles. The highest BCUT2D eigenvalue weighted by Gasteiger charge is 2.30. The van der Waals surface area contributed by atoms with Gasteiger partial charge in [-0.1, -0.05) is 71.0 Å². The fourth-order valence-electron chi connectivity index (χ4n) is 3.70. The molecule has 3 rings (SSSR count). The quantitative estimate of drug-likeness (QED) is 0.421. The first-order valence-electron chi connectivity index (χ1n) is 10.7. The van der Waals surface area contributed by atoms with Gasteiger partial charge in [0.05, 0.1) is 5.69 Å². The first-order valence-corrected chi connectivity index (χ1v) is 10.7. The number of nitrogens with one attached hydrogen (secondary N) is 2. The molecular weight excluding hydrogens is 354 g/mol. The third-order valence-electron chi connectivity index (χ3n) is 6.17. The summed E-state index contributed by atoms with van der Waals surface area (Å²) in [7, 11) is 0. The van der Waals surface area contributed by atoms with E-state index in [-0.39, 0.29) is 5.41 Å². The van der Waals surface area contributed by atoms with E-state index in [4.69, 9.17) is 4.98 Å². The molecule has 1 atom stereocenters. The summed E-state index contributed by atoms with van der Waals surface area (Å²) in [5, 5.41) is 7.17. The smallest absolute Gasteiger partial charge is 0.154 e. The summed E-state index contributed by atoms with van der Waals surface area (Å²) in [5.74, 6) is 1.40. The maximum absolute atomic E-state index is 4.90. The predicted octanol–water partition coefficient (Wildman–Crippen LogP) is 7.45. The maximum atomic E-state index is 4.90. The van der Waals surface area contributed by atoms with E-state index in [1.165, 1.54) is 5.56 Å². The number of aryl methyl sites for hydroxylation is 1. The number of hydrogen-bond donors (Lipinski definition) is 2. The highest BCUT2D eigenvalue weighted by atomic mass is 15.0. The highest BCUT2D eigenvalue weighted by molar-refractivity contribution is 5.76. The average Bonchev–Trinajstić information content (AvgIpc) is 2.75. The van der Waals surface area contributed by atoms with Gasteiger partial charge in [0.25, 0.3) is 0 Å². The van der Waals surface area contributed by atoms with Crippen LogP contribution >= 0.6 is 0 Å². The lowest BCUT2D eigenvalue weighted by atomic mass is 9.71. The Morgan fingerprint density at radius 1 is 0.828 bits per heavy atom. The van der Waals surface area contributed by atoms with Crippen LogP contribution < -0.4 is 10.6 Å². The molecule has 0 aliphatic rings. The van der Waals surface area contributed by atoms with Crippen LogP contribution in [-0.4, -0.2) is 4.98 Å². The Morgan fingerprint density at radius 3 is 2.17 bits per heavy atom. The summed E-state index contributed by atoms with van der Waals surface area (Å²) in [6.45, 7) is 11.4. The second-order valence-electron chi connectivity index (χ2n) is 8.14. The number of para-hydroxylation sites is 2. The van der Waals surface area contributed by atoms with E-state index in [0.717, 1.165) is 41.4 Å². The predicted molar refractivity (Wildman–Crippen MR) is 126 cm³/mol. The van der Waals surface area contributed by atoms with Gasteiger partial charge in [0.1, 0.15) is 0 Å². The number of anilines is 4. The van der Waals surface area contributed by atoms with Gasteiger partial charge in [-0.05, 0) is 60.1 Å². The summed E-state index contributed by atoms with van der Waals surface area (Å²) in [6, 6.07) is 23.1. The first-order chi connectivity index (χ1) is 14.0. The van der Waals surface area contributed by atoms with Gasteiger partial charge in [-0.25, -0.2) is 4.98 Å². The SMILES string of the molecule is CCc1ccc(Nc2ccccc2)c(Nc2ccccc2C(C)(CC)C(C)C)n1. The van der Waals surface area contributed by atoms with Crippen molar-refractivity contribution in [2.24, 2.45) is 5.92 Å². The fraction of sp³-hybridized carbons (Fsp3) is 0.346. The molecular formula is C26H33N3. The third kappa shape index (κ3) is 4.61. The van der Waals surface area contributed by atoms with E-state index in [0.29, 0.717) is 5.92 Å². The van der Waals surface area contributed by atoms with Gasteiger partial charge in [-0.2, -0.15) is 0 Å². The van der Waals surface area contributed by atoms with Crippen molar-refractivity contribution in [1.29, 1.82) is 0 Å². The van der Waals surface area contributed by atoms with Gasteiger partial charge in [0, 0.05) is 17.1 Å². The monoisotopic (exact) mass is 387 g/mol. The van der Waals surface area contributed by atoms with E-state index in [1.807, 2.05) is 18.2 Å². The highest BCUT2D eigenvalue weighted by Crippen LogP contribution is 2.40. The Morgan fingerprint density at radius 2 is 1.52 bits per heavy atom. The molecule has 0 aliphatic heterocycles. The molecule has 152 valence electrons. The van der Waals surface area contributed by atoms with Crippen molar-refractivity contribution in [3.63, 3.8) is 0 Å². The molecule has 2 aromatic carbocycles. The van der Waals surface area contributed by atoms with E-state index in [1.54, 1.807) is 0 Å². The van der Waals surface area contributed by atoms with Crippen molar-refractivity contribution in [2.45, 2.75) is 52.9 Å². The molecule has 1 heterocycles. The molecule has 3 aromatic rings. The average molecular weight is 388 g/mol. The van der Waals surface area contributed by atoms with Crippen LogP contribution in [-0.2, 0) is 11.8 Å². The maximum Gasteiger partial charge on any atom is 0.154 e. The van der Waals surface area contributed by atoms with Gasteiger partial charge < -0.3 is 10.6 Å². The molecule has 0 fully saturated rings. The van der Waals surface area contributed by atoms with Crippen LogP contribution in [0.3, 0.4) is 0 Å². The van der Waals surface area contributed by atoms with Crippen LogP contribution in [0.4, 0.5) is 22.9 Å². The topological polar surface area (TPSA) is 37.0 Å². The Bertz CT molecular complexity index is 934. The summed E-state index contributed by atoms with van der Waals surface area (Å²) in [4.78, 5) is 4.90. The molecule has 3 nitrogen and oxygen atoms in total. The number of pyridine rings is 1. The molecule has 1 aromatic heterocycles. The Labute approximate surface area is 175 Å². The molecule has 0 saturated heterocycles. The Hall–Kier alpha value is -2.81. The van der Waals surface area contributed by atoms with Crippen molar-refractivity contribution in [3.8, 4) is 0 Å². The van der Waals surface area contributed by atoms with Crippen molar-refractivity contribution < 1.29 is 0 Å². The molecule has 2 N–H and O–H groups in total. The van der Waals surface area contributed by atoms with E-state index < -0.39 is 0 Å². The zero-order valence-corrected chi connectivity index (χ0v) is 18.3. The largest absolute Gasteiger partial charge is 0.353 e. The Kier molecular flexibility index (Phi) is 6.58. The third-order valence-corrected chi connectivity index (χ3v) is 6.17. The van der Waals surface area contributed by atoms with Crippen molar-refractivity contribution in [3.05, 3.63) is 78.0 Å². The number of aromatic nitrogens is 1. The molecule has 29 heavy (non-hydrogen) atoms. The lowest BCUT2D eigenvalue weighted by Gasteiger charge is -2.35. The zero-order chi connectivity index (χ0) is 20.9. The molecule has 0 aliphatic carbocycles. The van der Waals surface area contributed by atoms with E-state index >= 15 is 0 Å².